The average molecular weight is 361 g/mol. The van der Waals surface area contributed by atoms with Crippen LogP contribution in [0.15, 0.2) is 84.9 Å². The third kappa shape index (κ3) is 5.68. The molecule has 0 fully saturated rings. The molecule has 1 atom stereocenters. The second-order valence-corrected chi connectivity index (χ2v) is 6.83. The zero-order valence-corrected chi connectivity index (χ0v) is 15.5. The number of benzene rings is 3. The van der Waals surface area contributed by atoms with E-state index in [0.717, 1.165) is 24.3 Å². The van der Waals surface area contributed by atoms with Crippen molar-refractivity contribution in [3.8, 4) is 0 Å². The van der Waals surface area contributed by atoms with Gasteiger partial charge >= 0.3 is 0 Å². The largest absolute Gasteiger partial charge is 0.396 e. The number of anilines is 1. The van der Waals surface area contributed by atoms with E-state index in [1.54, 1.807) is 0 Å². The van der Waals surface area contributed by atoms with E-state index in [1.807, 2.05) is 24.3 Å². The molecule has 0 spiro atoms. The smallest absolute Gasteiger partial charge is 0.0603 e. The van der Waals surface area contributed by atoms with Crippen LogP contribution in [0.5, 0.6) is 0 Å². The summed E-state index contributed by atoms with van der Waals surface area (Å²) in [6.07, 6.45) is 0.397. The first kappa shape index (κ1) is 19.2. The minimum atomic E-state index is -0.536. The summed E-state index contributed by atoms with van der Waals surface area (Å²) in [5, 5.41) is 19.3. The van der Waals surface area contributed by atoms with Gasteiger partial charge in [0.05, 0.1) is 6.10 Å². The predicted molar refractivity (Wildman–Crippen MR) is 111 cm³/mol. The molecule has 3 nitrogen and oxygen atoms in total. The van der Waals surface area contributed by atoms with Crippen molar-refractivity contribution in [1.29, 1.82) is 0 Å². The van der Waals surface area contributed by atoms with Crippen molar-refractivity contribution in [2.45, 2.75) is 32.0 Å². The molecule has 0 heterocycles. The number of aliphatic hydroxyl groups is 2. The van der Waals surface area contributed by atoms with Crippen molar-refractivity contribution in [2.24, 2.45) is 0 Å². The SMILES string of the molecule is OCCC(O)Cc1ccccc1N(Cc1ccccc1)Cc1ccccc1. The van der Waals surface area contributed by atoms with Gasteiger partial charge in [0.15, 0.2) is 0 Å². The molecule has 0 saturated heterocycles. The normalized spacial score (nSPS) is 11.9. The Bertz CT molecular complexity index is 763. The van der Waals surface area contributed by atoms with Gasteiger partial charge in [0.2, 0.25) is 0 Å². The Labute approximate surface area is 161 Å². The summed E-state index contributed by atoms with van der Waals surface area (Å²) in [5.41, 5.74) is 4.73. The van der Waals surface area contributed by atoms with Crippen LogP contribution in [0.1, 0.15) is 23.1 Å². The number of nitrogens with zero attached hydrogens (tertiary/aromatic N) is 1. The molecule has 0 aliphatic rings. The van der Waals surface area contributed by atoms with Crippen LogP contribution in [0.4, 0.5) is 5.69 Å². The molecule has 2 N–H and O–H groups in total. The van der Waals surface area contributed by atoms with Gasteiger partial charge in [-0.15, -0.1) is 0 Å². The molecule has 3 rings (SSSR count). The molecule has 0 bridgehead atoms. The first-order chi connectivity index (χ1) is 13.3. The third-order valence-corrected chi connectivity index (χ3v) is 4.68. The van der Waals surface area contributed by atoms with Crippen LogP contribution < -0.4 is 4.90 Å². The molecule has 0 amide bonds. The molecular weight excluding hydrogens is 334 g/mol. The molecule has 0 aromatic heterocycles. The van der Waals surface area contributed by atoms with E-state index >= 15 is 0 Å². The first-order valence-electron chi connectivity index (χ1n) is 9.46. The van der Waals surface area contributed by atoms with Crippen LogP contribution in [-0.4, -0.2) is 22.9 Å². The van der Waals surface area contributed by atoms with Crippen LogP contribution >= 0.6 is 0 Å². The zero-order valence-electron chi connectivity index (χ0n) is 15.5. The first-order valence-corrected chi connectivity index (χ1v) is 9.46. The van der Waals surface area contributed by atoms with E-state index in [0.29, 0.717) is 12.8 Å². The quantitative estimate of drug-likeness (QED) is 0.601. The fourth-order valence-electron chi connectivity index (χ4n) is 3.33. The Morgan fingerprint density at radius 2 is 1.22 bits per heavy atom. The van der Waals surface area contributed by atoms with Crippen molar-refractivity contribution < 1.29 is 10.2 Å². The van der Waals surface area contributed by atoms with Gasteiger partial charge in [0, 0.05) is 31.8 Å². The van der Waals surface area contributed by atoms with Crippen molar-refractivity contribution >= 4 is 5.69 Å². The molecule has 1 unspecified atom stereocenters. The topological polar surface area (TPSA) is 43.7 Å². The van der Waals surface area contributed by atoms with Gasteiger partial charge in [-0.2, -0.15) is 0 Å². The molecular formula is C24H27NO2. The van der Waals surface area contributed by atoms with Crippen molar-refractivity contribution in [3.05, 3.63) is 102 Å². The summed E-state index contributed by atoms with van der Waals surface area (Å²) in [7, 11) is 0. The van der Waals surface area contributed by atoms with Gasteiger partial charge in [-0.3, -0.25) is 0 Å². The van der Waals surface area contributed by atoms with Gasteiger partial charge < -0.3 is 15.1 Å². The molecule has 0 saturated carbocycles. The monoisotopic (exact) mass is 361 g/mol. The summed E-state index contributed by atoms with van der Waals surface area (Å²) >= 11 is 0. The predicted octanol–water partition coefficient (Wildman–Crippen LogP) is 4.18. The average Bonchev–Trinajstić information content (AvgIpc) is 2.70. The second-order valence-electron chi connectivity index (χ2n) is 6.83. The number of para-hydroxylation sites is 1. The van der Waals surface area contributed by atoms with E-state index in [1.165, 1.54) is 11.1 Å². The summed E-state index contributed by atoms with van der Waals surface area (Å²) in [6.45, 7) is 1.59. The summed E-state index contributed by atoms with van der Waals surface area (Å²) in [5.74, 6) is 0. The van der Waals surface area contributed by atoms with Crippen molar-refractivity contribution in [3.63, 3.8) is 0 Å². The minimum Gasteiger partial charge on any atom is -0.396 e. The molecule has 3 aromatic rings. The fourth-order valence-corrected chi connectivity index (χ4v) is 3.33. The lowest BCUT2D eigenvalue weighted by Gasteiger charge is -2.28. The summed E-state index contributed by atoms with van der Waals surface area (Å²) in [4.78, 5) is 2.35. The van der Waals surface area contributed by atoms with E-state index in [-0.39, 0.29) is 6.61 Å². The molecule has 0 aliphatic heterocycles. The van der Waals surface area contributed by atoms with Gasteiger partial charge in [-0.05, 0) is 29.2 Å². The molecule has 27 heavy (non-hydrogen) atoms. The van der Waals surface area contributed by atoms with Crippen LogP contribution in [0.2, 0.25) is 0 Å². The van der Waals surface area contributed by atoms with Gasteiger partial charge in [0.1, 0.15) is 0 Å². The maximum atomic E-state index is 10.2. The Kier molecular flexibility index (Phi) is 7.03. The van der Waals surface area contributed by atoms with Crippen molar-refractivity contribution in [2.75, 3.05) is 11.5 Å². The summed E-state index contributed by atoms with van der Waals surface area (Å²) < 4.78 is 0. The molecule has 3 heteroatoms. The number of hydrogen-bond donors (Lipinski definition) is 2. The third-order valence-electron chi connectivity index (χ3n) is 4.68. The number of hydrogen-bond acceptors (Lipinski definition) is 3. The minimum absolute atomic E-state index is 0.00107. The lowest BCUT2D eigenvalue weighted by atomic mass is 10.0. The van der Waals surface area contributed by atoms with Gasteiger partial charge in [-0.1, -0.05) is 78.9 Å². The lowest BCUT2D eigenvalue weighted by molar-refractivity contribution is 0.133. The zero-order chi connectivity index (χ0) is 18.9. The Morgan fingerprint density at radius 3 is 1.78 bits per heavy atom. The van der Waals surface area contributed by atoms with Gasteiger partial charge in [-0.25, -0.2) is 0 Å². The molecule has 0 radical (unpaired) electrons. The number of aliphatic hydroxyl groups excluding tert-OH is 2. The van der Waals surface area contributed by atoms with Gasteiger partial charge in [0.25, 0.3) is 0 Å². The van der Waals surface area contributed by atoms with E-state index in [2.05, 4.69) is 65.6 Å². The Morgan fingerprint density at radius 1 is 0.704 bits per heavy atom. The van der Waals surface area contributed by atoms with E-state index < -0.39 is 6.10 Å². The molecule has 0 aliphatic carbocycles. The lowest BCUT2D eigenvalue weighted by Crippen LogP contribution is -2.24. The Hall–Kier alpha value is -2.62. The summed E-state index contributed by atoms with van der Waals surface area (Å²) in [6, 6.07) is 29.1. The maximum absolute atomic E-state index is 10.2. The maximum Gasteiger partial charge on any atom is 0.0603 e. The van der Waals surface area contributed by atoms with Crippen LogP contribution in [-0.2, 0) is 19.5 Å². The van der Waals surface area contributed by atoms with Crippen LogP contribution in [0.25, 0.3) is 0 Å². The van der Waals surface area contributed by atoms with E-state index in [4.69, 9.17) is 5.11 Å². The Balaban J connectivity index is 1.90. The van der Waals surface area contributed by atoms with Crippen LogP contribution in [0, 0.1) is 0 Å². The molecule has 140 valence electrons. The number of rotatable bonds is 9. The fraction of sp³-hybridized carbons (Fsp3) is 0.250. The van der Waals surface area contributed by atoms with E-state index in [9.17, 15) is 5.11 Å². The molecule has 3 aromatic carbocycles. The highest BCUT2D eigenvalue weighted by atomic mass is 16.3. The highest BCUT2D eigenvalue weighted by molar-refractivity contribution is 5.54. The highest BCUT2D eigenvalue weighted by Crippen LogP contribution is 2.26. The van der Waals surface area contributed by atoms with Crippen LogP contribution in [0.3, 0.4) is 0 Å². The highest BCUT2D eigenvalue weighted by Gasteiger charge is 2.15. The standard InChI is InChI=1S/C24H27NO2/c26-16-15-23(27)17-22-13-7-8-14-24(22)25(18-20-9-3-1-4-10-20)19-21-11-5-2-6-12-21/h1-14,23,26-27H,15-19H2. The second kappa shape index (κ2) is 9.91. The van der Waals surface area contributed by atoms with Crippen molar-refractivity contribution in [1.82, 2.24) is 0 Å².